The summed E-state index contributed by atoms with van der Waals surface area (Å²) in [7, 11) is 2.06. The van der Waals surface area contributed by atoms with Crippen molar-refractivity contribution in [3.8, 4) is 11.1 Å². The third-order valence-electron chi connectivity index (χ3n) is 9.62. The van der Waals surface area contributed by atoms with Crippen molar-refractivity contribution < 1.29 is 23.9 Å². The van der Waals surface area contributed by atoms with E-state index in [9.17, 15) is 14.4 Å². The zero-order chi connectivity index (χ0) is 37.2. The molecule has 0 saturated carbocycles. The first-order chi connectivity index (χ1) is 24.6. The van der Waals surface area contributed by atoms with Crippen LogP contribution >= 0.6 is 0 Å². The predicted octanol–water partition coefficient (Wildman–Crippen LogP) is 7.52. The number of carbonyl (C=O) groups is 3. The van der Waals surface area contributed by atoms with Crippen molar-refractivity contribution >= 4 is 34.8 Å². The molecule has 2 amide bonds. The number of rotatable bonds is 8. The van der Waals surface area contributed by atoms with Crippen LogP contribution in [0, 0.1) is 5.92 Å². The second-order valence-electron chi connectivity index (χ2n) is 16.1. The Hall–Kier alpha value is -4.78. The molecular formula is C39H52N8O5. The van der Waals surface area contributed by atoms with Crippen LogP contribution in [0.15, 0.2) is 49.1 Å². The molecular weight excluding hydrogens is 660 g/mol. The van der Waals surface area contributed by atoms with Gasteiger partial charge in [0.05, 0.1) is 17.8 Å². The SMILES string of the molecule is CN1CCC[C@@H]1c1cc2cnc(NC(=O)c3ccc(-c4cnn(CCCC5CCN(C(=O)OC(C)(C)C)CC5)c4)cn3)cc2n1C(=O)OC(C)(C)C. The molecule has 2 fully saturated rings. The van der Waals surface area contributed by atoms with Gasteiger partial charge in [-0.2, -0.15) is 5.10 Å². The van der Waals surface area contributed by atoms with Crippen molar-refractivity contribution in [2.45, 2.75) is 104 Å². The number of amides is 2. The number of nitrogens with one attached hydrogen (secondary N) is 1. The minimum Gasteiger partial charge on any atom is -0.444 e. The summed E-state index contributed by atoms with van der Waals surface area (Å²) in [6.45, 7) is 14.4. The highest BCUT2D eigenvalue weighted by Gasteiger charge is 2.31. The number of anilines is 1. The number of aromatic nitrogens is 5. The lowest BCUT2D eigenvalue weighted by Gasteiger charge is -2.33. The number of pyridine rings is 2. The van der Waals surface area contributed by atoms with E-state index in [0.29, 0.717) is 17.3 Å². The van der Waals surface area contributed by atoms with Gasteiger partial charge in [-0.25, -0.2) is 19.1 Å². The highest BCUT2D eigenvalue weighted by Crippen LogP contribution is 2.35. The summed E-state index contributed by atoms with van der Waals surface area (Å²) in [5.74, 6) is 0.491. The second-order valence-corrected chi connectivity index (χ2v) is 16.1. The maximum absolute atomic E-state index is 13.5. The molecule has 13 nitrogen and oxygen atoms in total. The molecule has 1 atom stereocenters. The Balaban J connectivity index is 1.05. The first-order valence-corrected chi connectivity index (χ1v) is 18.4. The maximum atomic E-state index is 13.5. The van der Waals surface area contributed by atoms with Gasteiger partial charge in [0.1, 0.15) is 22.7 Å². The van der Waals surface area contributed by atoms with E-state index in [1.807, 2.05) is 75.7 Å². The molecule has 0 aromatic carbocycles. The Morgan fingerprint density at radius 2 is 1.60 bits per heavy atom. The van der Waals surface area contributed by atoms with Crippen molar-refractivity contribution in [3.05, 3.63) is 60.4 Å². The highest BCUT2D eigenvalue weighted by atomic mass is 16.6. The van der Waals surface area contributed by atoms with Crippen LogP contribution in [-0.2, 0) is 16.0 Å². The van der Waals surface area contributed by atoms with E-state index in [1.54, 1.807) is 29.1 Å². The Labute approximate surface area is 305 Å². The number of ether oxygens (including phenoxy) is 2. The summed E-state index contributed by atoms with van der Waals surface area (Å²) in [6.07, 6.45) is 12.5. The third-order valence-corrected chi connectivity index (χ3v) is 9.62. The number of nitrogens with zero attached hydrogens (tertiary/aromatic N) is 7. The first kappa shape index (κ1) is 37.0. The van der Waals surface area contributed by atoms with Crippen LogP contribution in [0.2, 0.25) is 0 Å². The molecule has 0 aliphatic carbocycles. The maximum Gasteiger partial charge on any atom is 0.419 e. The van der Waals surface area contributed by atoms with E-state index < -0.39 is 23.2 Å². The molecule has 278 valence electrons. The van der Waals surface area contributed by atoms with Crippen LogP contribution in [-0.4, -0.2) is 90.1 Å². The van der Waals surface area contributed by atoms with Crippen molar-refractivity contribution in [1.29, 1.82) is 0 Å². The molecule has 0 bridgehead atoms. The van der Waals surface area contributed by atoms with E-state index in [4.69, 9.17) is 9.47 Å². The highest BCUT2D eigenvalue weighted by molar-refractivity contribution is 6.03. The predicted molar refractivity (Wildman–Crippen MR) is 199 cm³/mol. The first-order valence-electron chi connectivity index (χ1n) is 18.4. The van der Waals surface area contributed by atoms with Gasteiger partial charge in [0.25, 0.3) is 5.91 Å². The fraction of sp³-hybridized carbons (Fsp3) is 0.538. The molecule has 4 aromatic heterocycles. The molecule has 2 saturated heterocycles. The second kappa shape index (κ2) is 15.1. The van der Waals surface area contributed by atoms with Gasteiger partial charge in [-0.05, 0) is 112 Å². The largest absolute Gasteiger partial charge is 0.444 e. The molecule has 2 aliphatic rings. The molecule has 0 unspecified atom stereocenters. The zero-order valence-corrected chi connectivity index (χ0v) is 31.5. The zero-order valence-electron chi connectivity index (χ0n) is 31.5. The summed E-state index contributed by atoms with van der Waals surface area (Å²) < 4.78 is 14.9. The van der Waals surface area contributed by atoms with Gasteiger partial charge in [0.15, 0.2) is 0 Å². The number of hydrogen-bond donors (Lipinski definition) is 1. The Morgan fingerprint density at radius 1 is 0.865 bits per heavy atom. The average Bonchev–Trinajstić information content (AvgIpc) is 3.82. The van der Waals surface area contributed by atoms with Crippen LogP contribution in [0.1, 0.15) is 102 Å². The molecule has 52 heavy (non-hydrogen) atoms. The number of aryl methyl sites for hydroxylation is 1. The normalized spacial score (nSPS) is 17.4. The quantitative estimate of drug-likeness (QED) is 0.197. The minimum absolute atomic E-state index is 0.0785. The average molecular weight is 713 g/mol. The number of fused-ring (bicyclic) bond motifs is 1. The van der Waals surface area contributed by atoms with Crippen LogP contribution in [0.5, 0.6) is 0 Å². The van der Waals surface area contributed by atoms with Crippen LogP contribution < -0.4 is 5.32 Å². The molecule has 2 aliphatic heterocycles. The van der Waals surface area contributed by atoms with E-state index in [1.165, 1.54) is 0 Å². The molecule has 4 aromatic rings. The monoisotopic (exact) mass is 712 g/mol. The van der Waals surface area contributed by atoms with Gasteiger partial charge >= 0.3 is 12.2 Å². The van der Waals surface area contributed by atoms with E-state index in [0.717, 1.165) is 86.9 Å². The summed E-state index contributed by atoms with van der Waals surface area (Å²) in [5, 5.41) is 8.19. The molecule has 0 spiro atoms. The lowest BCUT2D eigenvalue weighted by atomic mass is 9.92. The van der Waals surface area contributed by atoms with Crippen molar-refractivity contribution in [1.82, 2.24) is 34.1 Å². The minimum atomic E-state index is -0.669. The summed E-state index contributed by atoms with van der Waals surface area (Å²) in [6, 6.07) is 7.32. The Bertz CT molecular complexity index is 1890. The van der Waals surface area contributed by atoms with Crippen LogP contribution in [0.25, 0.3) is 22.0 Å². The standard InChI is InChI=1S/C39H52N8O5/c1-38(2,3)51-36(49)45-18-14-26(15-19-45)10-8-17-46-25-29(24-42-46)27-12-13-30(40-22-27)35(48)43-34-21-32-28(23-41-34)20-33(31-11-9-16-44(31)7)47(32)37(50)52-39(4,5)6/h12-13,20-26,31H,8-11,14-19H2,1-7H3,(H,41,43,48)/t31-/m1/s1. The summed E-state index contributed by atoms with van der Waals surface area (Å²) >= 11 is 0. The third kappa shape index (κ3) is 8.98. The lowest BCUT2D eigenvalue weighted by molar-refractivity contribution is 0.0179. The lowest BCUT2D eigenvalue weighted by Crippen LogP contribution is -2.41. The summed E-state index contributed by atoms with van der Waals surface area (Å²) in [4.78, 5) is 52.1. The molecule has 6 heterocycles. The fourth-order valence-electron chi connectivity index (χ4n) is 7.02. The molecule has 0 radical (unpaired) electrons. The van der Waals surface area contributed by atoms with Gasteiger partial charge in [0.2, 0.25) is 0 Å². The number of likely N-dealkylation sites (tertiary alicyclic amines) is 2. The van der Waals surface area contributed by atoms with Crippen molar-refractivity contribution in [2.24, 2.45) is 5.92 Å². The number of carbonyl (C=O) groups excluding carboxylic acids is 3. The van der Waals surface area contributed by atoms with Gasteiger partial charge in [0, 0.05) is 66.5 Å². The Morgan fingerprint density at radius 3 is 2.25 bits per heavy atom. The number of piperidine rings is 1. The number of hydrogen-bond acceptors (Lipinski definition) is 9. The van der Waals surface area contributed by atoms with Crippen molar-refractivity contribution in [3.63, 3.8) is 0 Å². The van der Waals surface area contributed by atoms with E-state index >= 15 is 0 Å². The molecule has 13 heteroatoms. The van der Waals surface area contributed by atoms with Gasteiger partial charge < -0.3 is 19.7 Å². The van der Waals surface area contributed by atoms with Crippen molar-refractivity contribution in [2.75, 3.05) is 32.0 Å². The molecule has 6 rings (SSSR count). The topological polar surface area (TPSA) is 137 Å². The van der Waals surface area contributed by atoms with E-state index in [-0.39, 0.29) is 17.8 Å². The fourth-order valence-corrected chi connectivity index (χ4v) is 7.02. The van der Waals surface area contributed by atoms with Gasteiger partial charge in [-0.1, -0.05) is 6.07 Å². The van der Waals surface area contributed by atoms with Gasteiger partial charge in [-0.3, -0.25) is 19.4 Å². The van der Waals surface area contributed by atoms with Crippen LogP contribution in [0.4, 0.5) is 15.4 Å². The molecule has 1 N–H and O–H groups in total. The summed E-state index contributed by atoms with van der Waals surface area (Å²) in [5.41, 5.74) is 2.35. The van der Waals surface area contributed by atoms with E-state index in [2.05, 4.69) is 32.3 Å². The Kier molecular flexibility index (Phi) is 10.7. The smallest absolute Gasteiger partial charge is 0.419 e. The van der Waals surface area contributed by atoms with Crippen LogP contribution in [0.3, 0.4) is 0 Å². The van der Waals surface area contributed by atoms with Gasteiger partial charge in [-0.15, -0.1) is 0 Å².